The average Bonchev–Trinajstić information content (AvgIpc) is 2.67. The molecule has 0 unspecified atom stereocenters. The van der Waals surface area contributed by atoms with E-state index in [1.54, 1.807) is 0 Å². The number of amides is 1. The van der Waals surface area contributed by atoms with Crippen LogP contribution < -0.4 is 19.5 Å². The lowest BCUT2D eigenvalue weighted by atomic mass is 10.0. The van der Waals surface area contributed by atoms with E-state index in [0.717, 1.165) is 29.8 Å². The maximum atomic E-state index is 12.2. The number of benzene rings is 2. The van der Waals surface area contributed by atoms with Crippen LogP contribution in [0, 0.1) is 0 Å². The van der Waals surface area contributed by atoms with Gasteiger partial charge in [-0.3, -0.25) is 4.79 Å². The molecule has 0 saturated carbocycles. The molecule has 0 aromatic heterocycles. The molecule has 0 radical (unpaired) electrons. The molecule has 162 valence electrons. The molecule has 1 heterocycles. The number of rotatable bonds is 7. The van der Waals surface area contributed by atoms with Crippen molar-refractivity contribution >= 4 is 15.9 Å². The number of fused-ring (bicyclic) bond motifs is 1. The lowest BCUT2D eigenvalue weighted by Gasteiger charge is -2.26. The third kappa shape index (κ3) is 5.86. The van der Waals surface area contributed by atoms with Gasteiger partial charge in [0.2, 0.25) is 15.9 Å². The van der Waals surface area contributed by atoms with Crippen molar-refractivity contribution in [3.05, 3.63) is 54.1 Å². The summed E-state index contributed by atoms with van der Waals surface area (Å²) in [6.07, 6.45) is -4.37. The van der Waals surface area contributed by atoms with Gasteiger partial charge in [0.25, 0.3) is 0 Å². The summed E-state index contributed by atoms with van der Waals surface area (Å²) in [7, 11) is -3.98. The number of carbonyl (C=O) groups is 1. The van der Waals surface area contributed by atoms with Gasteiger partial charge in [0.1, 0.15) is 11.5 Å². The molecule has 0 fully saturated rings. The van der Waals surface area contributed by atoms with Gasteiger partial charge in [-0.15, -0.1) is 13.2 Å². The number of hydrogen-bond donors (Lipinski definition) is 2. The number of sulfonamides is 1. The Bertz CT molecular complexity index is 994. The lowest BCUT2D eigenvalue weighted by molar-refractivity contribution is -0.274. The zero-order valence-electron chi connectivity index (χ0n) is 15.6. The number of hydrogen-bond acceptors (Lipinski definition) is 5. The average molecular weight is 444 g/mol. The monoisotopic (exact) mass is 444 g/mol. The molecule has 2 aromatic rings. The van der Waals surface area contributed by atoms with Gasteiger partial charge in [0.15, 0.2) is 0 Å². The Balaban J connectivity index is 1.51. The first-order valence-electron chi connectivity index (χ1n) is 9.01. The summed E-state index contributed by atoms with van der Waals surface area (Å²) < 4.78 is 72.5. The Morgan fingerprint density at radius 2 is 1.83 bits per heavy atom. The quantitative estimate of drug-likeness (QED) is 0.685. The van der Waals surface area contributed by atoms with Gasteiger partial charge in [0.05, 0.1) is 17.5 Å². The first-order valence-corrected chi connectivity index (χ1v) is 10.5. The van der Waals surface area contributed by atoms with E-state index in [9.17, 15) is 26.4 Å². The van der Waals surface area contributed by atoms with E-state index in [4.69, 9.17) is 4.74 Å². The van der Waals surface area contributed by atoms with Gasteiger partial charge in [0, 0.05) is 24.9 Å². The smallest absolute Gasteiger partial charge is 0.493 e. The molecule has 2 aromatic carbocycles. The van der Waals surface area contributed by atoms with Crippen LogP contribution >= 0.6 is 0 Å². The van der Waals surface area contributed by atoms with Crippen molar-refractivity contribution in [3.8, 4) is 11.5 Å². The third-order valence-electron chi connectivity index (χ3n) is 4.31. The standard InChI is InChI=1S/C19H19F3N2O5S/c20-19(21,22)29-13-5-7-14(8-6-13)30(26,27)23-11-9-18(25)24-16-10-12-28-17-4-2-1-3-15(16)17/h1-8,16,23H,9-12H2,(H,24,25)/t16-/m1/s1. The Hall–Kier alpha value is -2.79. The van der Waals surface area contributed by atoms with Crippen LogP contribution in [0.25, 0.3) is 0 Å². The van der Waals surface area contributed by atoms with E-state index in [-0.39, 0.29) is 29.8 Å². The minimum Gasteiger partial charge on any atom is -0.493 e. The summed E-state index contributed by atoms with van der Waals surface area (Å²) in [6.45, 7) is 0.294. The Labute approximate surface area is 171 Å². The second-order valence-electron chi connectivity index (χ2n) is 6.46. The van der Waals surface area contributed by atoms with Crippen LogP contribution in [0.15, 0.2) is 53.4 Å². The van der Waals surface area contributed by atoms with E-state index in [0.29, 0.717) is 18.8 Å². The lowest BCUT2D eigenvalue weighted by Crippen LogP contribution is -2.35. The Morgan fingerprint density at radius 1 is 1.13 bits per heavy atom. The molecular formula is C19H19F3N2O5S. The third-order valence-corrected chi connectivity index (χ3v) is 5.78. The number of ether oxygens (including phenoxy) is 2. The van der Waals surface area contributed by atoms with Crippen molar-refractivity contribution in [2.45, 2.75) is 30.1 Å². The predicted molar refractivity (Wildman–Crippen MR) is 100 cm³/mol. The number of nitrogens with one attached hydrogen (secondary N) is 2. The van der Waals surface area contributed by atoms with Gasteiger partial charge in [-0.05, 0) is 30.3 Å². The highest BCUT2D eigenvalue weighted by Gasteiger charge is 2.31. The minimum atomic E-state index is -4.86. The molecule has 0 saturated heterocycles. The van der Waals surface area contributed by atoms with Crippen LogP contribution in [0.1, 0.15) is 24.4 Å². The zero-order valence-corrected chi connectivity index (χ0v) is 16.4. The SMILES string of the molecule is O=C(CCNS(=O)(=O)c1ccc(OC(F)(F)F)cc1)N[C@@H]1CCOc2ccccc21. The molecule has 7 nitrogen and oxygen atoms in total. The van der Waals surface area contributed by atoms with Crippen molar-refractivity contribution < 1.29 is 35.9 Å². The highest BCUT2D eigenvalue weighted by molar-refractivity contribution is 7.89. The molecule has 1 atom stereocenters. The van der Waals surface area contributed by atoms with E-state index in [2.05, 4.69) is 14.8 Å². The Kier molecular flexibility index (Phi) is 6.52. The summed E-state index contributed by atoms with van der Waals surface area (Å²) in [5.74, 6) is -0.168. The topological polar surface area (TPSA) is 93.7 Å². The molecule has 1 amide bonds. The van der Waals surface area contributed by atoms with Gasteiger partial charge in [-0.25, -0.2) is 13.1 Å². The summed E-state index contributed by atoms with van der Waals surface area (Å²) in [6, 6.07) is 10.9. The molecule has 1 aliphatic heterocycles. The van der Waals surface area contributed by atoms with Crippen molar-refractivity contribution in [2.75, 3.05) is 13.2 Å². The first-order chi connectivity index (χ1) is 14.1. The van der Waals surface area contributed by atoms with E-state index in [1.165, 1.54) is 0 Å². The molecule has 2 N–H and O–H groups in total. The molecule has 1 aliphatic rings. The second-order valence-corrected chi connectivity index (χ2v) is 8.23. The summed E-state index contributed by atoms with van der Waals surface area (Å²) in [5, 5.41) is 2.85. The highest BCUT2D eigenvalue weighted by atomic mass is 32.2. The maximum Gasteiger partial charge on any atom is 0.573 e. The normalized spacial score (nSPS) is 16.3. The molecular weight excluding hydrogens is 425 g/mol. The maximum absolute atomic E-state index is 12.2. The highest BCUT2D eigenvalue weighted by Crippen LogP contribution is 2.31. The minimum absolute atomic E-state index is 0.103. The van der Waals surface area contributed by atoms with Crippen LogP contribution in [0.4, 0.5) is 13.2 Å². The molecule has 3 rings (SSSR count). The van der Waals surface area contributed by atoms with Crippen molar-refractivity contribution in [3.63, 3.8) is 0 Å². The molecule has 0 aliphatic carbocycles. The zero-order chi connectivity index (χ0) is 21.8. The van der Waals surface area contributed by atoms with Crippen LogP contribution in [0.5, 0.6) is 11.5 Å². The number of halogens is 3. The Morgan fingerprint density at radius 3 is 2.53 bits per heavy atom. The molecule has 0 spiro atoms. The van der Waals surface area contributed by atoms with Gasteiger partial charge in [-0.2, -0.15) is 0 Å². The number of alkyl halides is 3. The van der Waals surface area contributed by atoms with Gasteiger partial charge < -0.3 is 14.8 Å². The van der Waals surface area contributed by atoms with Crippen molar-refractivity contribution in [1.29, 1.82) is 0 Å². The fraction of sp³-hybridized carbons (Fsp3) is 0.316. The molecule has 11 heteroatoms. The summed E-state index contributed by atoms with van der Waals surface area (Å²) >= 11 is 0. The summed E-state index contributed by atoms with van der Waals surface area (Å²) in [4.78, 5) is 12.0. The van der Waals surface area contributed by atoms with Gasteiger partial charge in [-0.1, -0.05) is 18.2 Å². The van der Waals surface area contributed by atoms with Gasteiger partial charge >= 0.3 is 6.36 Å². The van der Waals surface area contributed by atoms with Crippen LogP contribution in [0.2, 0.25) is 0 Å². The first kappa shape index (κ1) is 21.9. The van der Waals surface area contributed by atoms with Crippen LogP contribution in [0.3, 0.4) is 0 Å². The van der Waals surface area contributed by atoms with Crippen molar-refractivity contribution in [2.24, 2.45) is 0 Å². The molecule has 0 bridgehead atoms. The fourth-order valence-electron chi connectivity index (χ4n) is 2.96. The number of para-hydroxylation sites is 1. The largest absolute Gasteiger partial charge is 0.573 e. The predicted octanol–water partition coefficient (Wildman–Crippen LogP) is 2.89. The summed E-state index contributed by atoms with van der Waals surface area (Å²) in [5.41, 5.74) is 0.860. The van der Waals surface area contributed by atoms with Crippen LogP contribution in [-0.2, 0) is 14.8 Å². The number of carbonyl (C=O) groups excluding carboxylic acids is 1. The van der Waals surface area contributed by atoms with E-state index < -0.39 is 22.1 Å². The van der Waals surface area contributed by atoms with E-state index in [1.807, 2.05) is 24.3 Å². The van der Waals surface area contributed by atoms with Crippen LogP contribution in [-0.4, -0.2) is 33.8 Å². The molecule has 30 heavy (non-hydrogen) atoms. The fourth-order valence-corrected chi connectivity index (χ4v) is 3.99. The van der Waals surface area contributed by atoms with Crippen molar-refractivity contribution in [1.82, 2.24) is 10.0 Å². The van der Waals surface area contributed by atoms with E-state index >= 15 is 0 Å². The second kappa shape index (κ2) is 8.92.